The summed E-state index contributed by atoms with van der Waals surface area (Å²) in [6, 6.07) is 5.07. The van der Waals surface area contributed by atoms with Gasteiger partial charge in [0.2, 0.25) is 11.8 Å². The molecule has 0 radical (unpaired) electrons. The van der Waals surface area contributed by atoms with Gasteiger partial charge in [-0.2, -0.15) is 0 Å². The van der Waals surface area contributed by atoms with Crippen molar-refractivity contribution in [1.82, 2.24) is 4.90 Å². The molecule has 176 valence electrons. The minimum atomic E-state index is -0.686. The predicted molar refractivity (Wildman–Crippen MR) is 123 cm³/mol. The average Bonchev–Trinajstić information content (AvgIpc) is 3.07. The van der Waals surface area contributed by atoms with Crippen molar-refractivity contribution < 1.29 is 29.0 Å². The number of amides is 2. The van der Waals surface area contributed by atoms with Crippen molar-refractivity contribution in [3.63, 3.8) is 0 Å². The number of para-hydroxylation sites is 1. The van der Waals surface area contributed by atoms with E-state index in [1.165, 1.54) is 18.1 Å². The lowest BCUT2D eigenvalue weighted by Gasteiger charge is -2.42. The van der Waals surface area contributed by atoms with Crippen LogP contribution in [0.1, 0.15) is 44.6 Å². The van der Waals surface area contributed by atoms with Crippen LogP contribution < -0.4 is 4.74 Å². The van der Waals surface area contributed by atoms with E-state index in [1.807, 2.05) is 13.0 Å². The summed E-state index contributed by atoms with van der Waals surface area (Å²) in [6.07, 6.45) is 4.60. The molecule has 5 rings (SSSR count). The molecular formula is C27H27NO6. The average molecular weight is 462 g/mol. The molecule has 0 aromatic heterocycles. The largest absolute Gasteiger partial charge is 0.504 e. The number of phenols is 1. The van der Waals surface area contributed by atoms with Crippen LogP contribution in [0.15, 0.2) is 52.6 Å². The summed E-state index contributed by atoms with van der Waals surface area (Å²) < 4.78 is 5.30. The molecule has 1 aromatic carbocycles. The molecule has 4 aliphatic rings. The highest BCUT2D eigenvalue weighted by Crippen LogP contribution is 2.56. The molecule has 1 aromatic rings. The molecule has 0 bridgehead atoms. The van der Waals surface area contributed by atoms with E-state index < -0.39 is 23.7 Å². The Labute approximate surface area is 197 Å². The van der Waals surface area contributed by atoms with Gasteiger partial charge < -0.3 is 9.84 Å². The van der Waals surface area contributed by atoms with Crippen molar-refractivity contribution in [2.24, 2.45) is 17.8 Å². The van der Waals surface area contributed by atoms with Gasteiger partial charge in [0.25, 0.3) is 0 Å². The first-order valence-electron chi connectivity index (χ1n) is 11.7. The minimum Gasteiger partial charge on any atom is -0.504 e. The summed E-state index contributed by atoms with van der Waals surface area (Å²) in [6.45, 7) is 3.91. The van der Waals surface area contributed by atoms with Crippen molar-refractivity contribution in [3.8, 4) is 11.5 Å². The Bertz CT molecular complexity index is 1240. The molecule has 2 amide bonds. The molecule has 34 heavy (non-hydrogen) atoms. The number of benzene rings is 1. The summed E-state index contributed by atoms with van der Waals surface area (Å²) >= 11 is 0. The fourth-order valence-electron chi connectivity index (χ4n) is 6.18. The summed E-state index contributed by atoms with van der Waals surface area (Å²) in [5, 5.41) is 11.0. The van der Waals surface area contributed by atoms with E-state index >= 15 is 0 Å². The zero-order valence-electron chi connectivity index (χ0n) is 19.5. The topological polar surface area (TPSA) is 101 Å². The molecule has 7 heteroatoms. The number of methoxy groups -OCH3 is 1. The number of hydrogen-bond donors (Lipinski definition) is 1. The maximum absolute atomic E-state index is 13.4. The van der Waals surface area contributed by atoms with Gasteiger partial charge in [0.05, 0.1) is 18.9 Å². The Morgan fingerprint density at radius 1 is 1.12 bits per heavy atom. The van der Waals surface area contributed by atoms with Crippen LogP contribution in [-0.4, -0.2) is 47.0 Å². The SMILES string of the molecule is CCCN1C(=O)C2CC=C3C(c4cccc(OC)c4O)C4=C(CC3C2C1=O)C(=O)C(C)=CC4=O. The van der Waals surface area contributed by atoms with Gasteiger partial charge in [0, 0.05) is 34.7 Å². The van der Waals surface area contributed by atoms with Crippen molar-refractivity contribution in [2.75, 3.05) is 13.7 Å². The number of Topliss-reactive ketones (excluding diaryl/α,β-unsaturated/α-hetero) is 1. The third kappa shape index (κ3) is 3.02. The Hall–Kier alpha value is -3.48. The number of nitrogens with zero attached hydrogens (tertiary/aromatic N) is 1. The molecule has 4 atom stereocenters. The maximum Gasteiger partial charge on any atom is 0.233 e. The van der Waals surface area contributed by atoms with Crippen LogP contribution in [0.5, 0.6) is 11.5 Å². The molecule has 1 saturated heterocycles. The number of rotatable bonds is 4. The second-order valence-electron chi connectivity index (χ2n) is 9.45. The molecule has 1 heterocycles. The van der Waals surface area contributed by atoms with Gasteiger partial charge in [-0.3, -0.25) is 24.1 Å². The van der Waals surface area contributed by atoms with E-state index in [-0.39, 0.29) is 41.3 Å². The van der Waals surface area contributed by atoms with Gasteiger partial charge in [-0.15, -0.1) is 0 Å². The number of phenolic OH excluding ortho intramolecular Hbond substituents is 1. The lowest BCUT2D eigenvalue weighted by molar-refractivity contribution is -0.140. The van der Waals surface area contributed by atoms with Crippen LogP contribution >= 0.6 is 0 Å². The van der Waals surface area contributed by atoms with E-state index in [2.05, 4.69) is 0 Å². The number of carbonyl (C=O) groups excluding carboxylic acids is 4. The zero-order valence-corrected chi connectivity index (χ0v) is 19.5. The first-order valence-corrected chi connectivity index (χ1v) is 11.7. The lowest BCUT2D eigenvalue weighted by Crippen LogP contribution is -2.39. The first-order chi connectivity index (χ1) is 16.3. The van der Waals surface area contributed by atoms with Gasteiger partial charge in [-0.1, -0.05) is 30.7 Å². The van der Waals surface area contributed by atoms with Crippen LogP contribution in [-0.2, 0) is 19.2 Å². The number of ketones is 2. The Morgan fingerprint density at radius 3 is 2.59 bits per heavy atom. The van der Waals surface area contributed by atoms with E-state index in [9.17, 15) is 24.3 Å². The molecule has 1 N–H and O–H groups in total. The van der Waals surface area contributed by atoms with Gasteiger partial charge in [0.15, 0.2) is 23.1 Å². The van der Waals surface area contributed by atoms with E-state index in [4.69, 9.17) is 4.74 Å². The number of allylic oxidation sites excluding steroid dienone is 6. The van der Waals surface area contributed by atoms with E-state index in [0.717, 1.165) is 5.57 Å². The van der Waals surface area contributed by atoms with Crippen LogP contribution in [0.25, 0.3) is 0 Å². The minimum absolute atomic E-state index is 0.0986. The molecule has 1 aliphatic heterocycles. The van der Waals surface area contributed by atoms with Gasteiger partial charge in [-0.25, -0.2) is 0 Å². The monoisotopic (exact) mass is 461 g/mol. The van der Waals surface area contributed by atoms with Crippen molar-refractivity contribution in [1.29, 1.82) is 0 Å². The number of ether oxygens (including phenoxy) is 1. The smallest absolute Gasteiger partial charge is 0.233 e. The van der Waals surface area contributed by atoms with Gasteiger partial charge >= 0.3 is 0 Å². The van der Waals surface area contributed by atoms with Gasteiger partial charge in [-0.05, 0) is 44.2 Å². The summed E-state index contributed by atoms with van der Waals surface area (Å²) in [5.41, 5.74) is 2.37. The highest BCUT2D eigenvalue weighted by molar-refractivity contribution is 6.23. The number of hydrogen-bond acceptors (Lipinski definition) is 6. The number of fused-ring (bicyclic) bond motifs is 3. The van der Waals surface area contributed by atoms with E-state index in [1.54, 1.807) is 25.1 Å². The molecule has 7 nitrogen and oxygen atoms in total. The molecule has 0 saturated carbocycles. The number of imide groups is 1. The third-order valence-corrected chi connectivity index (χ3v) is 7.66. The number of carbonyl (C=O) groups is 4. The van der Waals surface area contributed by atoms with E-state index in [0.29, 0.717) is 41.7 Å². The first kappa shape index (κ1) is 22.3. The van der Waals surface area contributed by atoms with Crippen LogP contribution in [0.4, 0.5) is 0 Å². The highest BCUT2D eigenvalue weighted by atomic mass is 16.5. The second-order valence-corrected chi connectivity index (χ2v) is 9.45. The summed E-state index contributed by atoms with van der Waals surface area (Å²) in [7, 11) is 1.45. The molecule has 0 spiro atoms. The third-order valence-electron chi connectivity index (χ3n) is 7.66. The summed E-state index contributed by atoms with van der Waals surface area (Å²) in [4.78, 5) is 54.2. The number of likely N-dealkylation sites (tertiary alicyclic amines) is 1. The van der Waals surface area contributed by atoms with Crippen LogP contribution in [0.3, 0.4) is 0 Å². The highest BCUT2D eigenvalue weighted by Gasteiger charge is 2.56. The van der Waals surface area contributed by atoms with Crippen LogP contribution in [0.2, 0.25) is 0 Å². The standard InChI is InChI=1S/C27H27NO6/c1-4-10-28-26(32)16-9-8-14-17(22(16)27(28)33)12-18-23(19(29)11-13(2)24(18)30)21(14)15-6-5-7-20(34-3)25(15)31/h5-8,11,16-17,21-22,31H,4,9-10,12H2,1-3H3. The van der Waals surface area contributed by atoms with Crippen molar-refractivity contribution in [2.45, 2.75) is 39.0 Å². The summed E-state index contributed by atoms with van der Waals surface area (Å²) in [5.74, 6) is -2.78. The predicted octanol–water partition coefficient (Wildman–Crippen LogP) is 3.24. The normalized spacial score (nSPS) is 28.4. The lowest BCUT2D eigenvalue weighted by atomic mass is 9.59. The van der Waals surface area contributed by atoms with Crippen LogP contribution in [0, 0.1) is 17.8 Å². The molecule has 3 aliphatic carbocycles. The fourth-order valence-corrected chi connectivity index (χ4v) is 6.18. The Balaban J connectivity index is 1.70. The van der Waals surface area contributed by atoms with Gasteiger partial charge in [0.1, 0.15) is 0 Å². The Morgan fingerprint density at radius 2 is 1.88 bits per heavy atom. The molecule has 4 unspecified atom stereocenters. The number of aromatic hydroxyl groups is 1. The molecular weight excluding hydrogens is 434 g/mol. The van der Waals surface area contributed by atoms with Crippen molar-refractivity contribution in [3.05, 3.63) is 58.2 Å². The molecule has 1 fully saturated rings. The zero-order chi connectivity index (χ0) is 24.3. The Kier molecular flexibility index (Phi) is 5.30. The van der Waals surface area contributed by atoms with Crippen molar-refractivity contribution >= 4 is 23.4 Å². The second kappa shape index (κ2) is 8.08. The quantitative estimate of drug-likeness (QED) is 0.420. The fraction of sp³-hybridized carbons (Fsp3) is 0.407. The maximum atomic E-state index is 13.4.